The maximum absolute atomic E-state index is 3.87. The summed E-state index contributed by atoms with van der Waals surface area (Å²) >= 11 is 3.07. The molecule has 0 spiro atoms. The van der Waals surface area contributed by atoms with Crippen LogP contribution >= 0.6 is 22.9 Å². The topological polar surface area (TPSA) is 25.8 Å². The summed E-state index contributed by atoms with van der Waals surface area (Å²) in [6, 6.07) is 2.03. The normalized spacial score (nSPS) is 10.5. The standard InChI is InChI=1S/C4H2N2S2/c1-2-7-4-3(1)8-6-5-4/h1-2H. The van der Waals surface area contributed by atoms with E-state index < -0.39 is 0 Å². The second-order valence-corrected chi connectivity index (χ2v) is 3.04. The van der Waals surface area contributed by atoms with Crippen molar-refractivity contribution in [1.82, 2.24) is 9.59 Å². The van der Waals surface area contributed by atoms with Gasteiger partial charge in [-0.2, -0.15) is 0 Å². The Kier molecular flexibility index (Phi) is 0.824. The molecule has 0 aromatic carbocycles. The minimum Gasteiger partial charge on any atom is -0.127 e. The van der Waals surface area contributed by atoms with E-state index >= 15 is 0 Å². The predicted molar refractivity (Wildman–Crippen MR) is 35.3 cm³/mol. The van der Waals surface area contributed by atoms with Crippen LogP contribution in [0, 0.1) is 0 Å². The number of fused-ring (bicyclic) bond motifs is 1. The SMILES string of the molecule is c1cc2snnc2s1. The van der Waals surface area contributed by atoms with E-state index in [0.29, 0.717) is 0 Å². The van der Waals surface area contributed by atoms with Gasteiger partial charge in [0.1, 0.15) is 0 Å². The van der Waals surface area contributed by atoms with Crippen molar-refractivity contribution in [3.05, 3.63) is 11.4 Å². The third-order valence-electron chi connectivity index (χ3n) is 0.881. The molecule has 0 aliphatic carbocycles. The summed E-state index contributed by atoms with van der Waals surface area (Å²) in [4.78, 5) is 1.05. The molecule has 4 heteroatoms. The smallest absolute Gasteiger partial charge is 0.127 e. The molecule has 2 heterocycles. The fraction of sp³-hybridized carbons (Fsp3) is 0. The number of hydrogen-bond acceptors (Lipinski definition) is 4. The van der Waals surface area contributed by atoms with Gasteiger partial charge in [-0.1, -0.05) is 4.49 Å². The van der Waals surface area contributed by atoms with E-state index in [1.54, 1.807) is 11.3 Å². The van der Waals surface area contributed by atoms with Gasteiger partial charge in [-0.3, -0.25) is 0 Å². The molecule has 0 atom stereocenters. The number of hydrogen-bond donors (Lipinski definition) is 0. The highest BCUT2D eigenvalue weighted by Gasteiger charge is 1.94. The molecule has 40 valence electrons. The zero-order valence-electron chi connectivity index (χ0n) is 3.87. The van der Waals surface area contributed by atoms with Crippen LogP contribution in [0.5, 0.6) is 0 Å². The van der Waals surface area contributed by atoms with Crippen molar-refractivity contribution in [2.75, 3.05) is 0 Å². The lowest BCUT2D eigenvalue weighted by molar-refractivity contribution is 1.21. The van der Waals surface area contributed by atoms with Crippen LogP contribution in [-0.4, -0.2) is 9.59 Å². The van der Waals surface area contributed by atoms with Gasteiger partial charge < -0.3 is 0 Å². The highest BCUT2D eigenvalue weighted by Crippen LogP contribution is 2.19. The summed E-state index contributed by atoms with van der Waals surface area (Å²) in [5.41, 5.74) is 0. The van der Waals surface area contributed by atoms with Gasteiger partial charge in [-0.25, -0.2) is 0 Å². The Bertz CT molecular complexity index is 233. The highest BCUT2D eigenvalue weighted by atomic mass is 32.1. The molecule has 0 saturated heterocycles. The van der Waals surface area contributed by atoms with Crippen LogP contribution in [0.2, 0.25) is 0 Å². The Labute approximate surface area is 53.9 Å². The fourth-order valence-corrected chi connectivity index (χ4v) is 1.99. The molecule has 0 amide bonds. The molecule has 0 unspecified atom stereocenters. The average molecular weight is 142 g/mol. The van der Waals surface area contributed by atoms with Crippen molar-refractivity contribution in [2.45, 2.75) is 0 Å². The minimum atomic E-state index is 1.05. The second-order valence-electron chi connectivity index (χ2n) is 1.36. The zero-order chi connectivity index (χ0) is 5.40. The summed E-state index contributed by atoms with van der Waals surface area (Å²) < 4.78 is 4.95. The van der Waals surface area contributed by atoms with Crippen LogP contribution < -0.4 is 0 Å². The molecule has 2 rings (SSSR count). The van der Waals surface area contributed by atoms with E-state index in [4.69, 9.17) is 0 Å². The molecule has 0 fully saturated rings. The molecule has 8 heavy (non-hydrogen) atoms. The first-order valence-corrected chi connectivity index (χ1v) is 3.78. The van der Waals surface area contributed by atoms with E-state index in [-0.39, 0.29) is 0 Å². The Morgan fingerprint density at radius 1 is 1.50 bits per heavy atom. The Morgan fingerprint density at radius 2 is 2.50 bits per heavy atom. The lowest BCUT2D eigenvalue weighted by Gasteiger charge is -1.58. The number of rotatable bonds is 0. The average Bonchev–Trinajstić information content (AvgIpc) is 2.15. The van der Waals surface area contributed by atoms with Gasteiger partial charge in [0.05, 0.1) is 4.70 Å². The molecule has 0 aliphatic heterocycles. The molecule has 2 aromatic rings. The van der Waals surface area contributed by atoms with Crippen molar-refractivity contribution < 1.29 is 0 Å². The monoisotopic (exact) mass is 142 g/mol. The minimum absolute atomic E-state index is 1.05. The molecule has 2 nitrogen and oxygen atoms in total. The molecular formula is C4H2N2S2. The van der Waals surface area contributed by atoms with Gasteiger partial charge >= 0.3 is 0 Å². The molecule has 0 N–H and O–H groups in total. The third-order valence-corrected chi connectivity index (χ3v) is 2.50. The van der Waals surface area contributed by atoms with Crippen LogP contribution in [0.15, 0.2) is 11.4 Å². The lowest BCUT2D eigenvalue weighted by Crippen LogP contribution is -1.54. The van der Waals surface area contributed by atoms with Crippen molar-refractivity contribution in [2.24, 2.45) is 0 Å². The summed E-state index contributed by atoms with van der Waals surface area (Å²) in [6.45, 7) is 0. The molecule has 0 radical (unpaired) electrons. The molecular weight excluding hydrogens is 140 g/mol. The maximum atomic E-state index is 3.87. The highest BCUT2D eigenvalue weighted by molar-refractivity contribution is 7.23. The molecule has 0 saturated carbocycles. The van der Waals surface area contributed by atoms with E-state index in [1.807, 2.05) is 11.4 Å². The van der Waals surface area contributed by atoms with Gasteiger partial charge in [0, 0.05) is 0 Å². The Hall–Kier alpha value is -0.480. The largest absolute Gasteiger partial charge is 0.158 e. The summed E-state index contributed by atoms with van der Waals surface area (Å²) in [5.74, 6) is 0. The van der Waals surface area contributed by atoms with Crippen LogP contribution in [0.25, 0.3) is 9.53 Å². The van der Waals surface area contributed by atoms with E-state index in [2.05, 4.69) is 9.59 Å². The number of aromatic nitrogens is 2. The molecule has 0 aliphatic rings. The first-order chi connectivity index (χ1) is 3.97. The quantitative estimate of drug-likeness (QED) is 0.560. The maximum Gasteiger partial charge on any atom is 0.158 e. The van der Waals surface area contributed by atoms with Crippen molar-refractivity contribution in [3.63, 3.8) is 0 Å². The number of nitrogens with zero attached hydrogens (tertiary/aromatic N) is 2. The van der Waals surface area contributed by atoms with Gasteiger partial charge in [0.2, 0.25) is 0 Å². The summed E-state index contributed by atoms with van der Waals surface area (Å²) in [6.07, 6.45) is 0. The summed E-state index contributed by atoms with van der Waals surface area (Å²) in [5, 5.41) is 5.89. The first kappa shape index (κ1) is 4.40. The van der Waals surface area contributed by atoms with Crippen molar-refractivity contribution >= 4 is 32.4 Å². The van der Waals surface area contributed by atoms with Crippen LogP contribution in [-0.2, 0) is 0 Å². The number of thiophene rings is 1. The lowest BCUT2D eigenvalue weighted by atomic mass is 10.6. The van der Waals surface area contributed by atoms with E-state index in [0.717, 1.165) is 4.83 Å². The van der Waals surface area contributed by atoms with E-state index in [1.165, 1.54) is 16.2 Å². The Balaban J connectivity index is 3.06. The fourth-order valence-electron chi connectivity index (χ4n) is 0.533. The molecule has 2 aromatic heterocycles. The van der Waals surface area contributed by atoms with Crippen LogP contribution in [0.4, 0.5) is 0 Å². The Morgan fingerprint density at radius 3 is 3.38 bits per heavy atom. The second kappa shape index (κ2) is 1.50. The zero-order valence-corrected chi connectivity index (χ0v) is 5.50. The van der Waals surface area contributed by atoms with Gasteiger partial charge in [-0.05, 0) is 23.0 Å². The van der Waals surface area contributed by atoms with Crippen molar-refractivity contribution in [1.29, 1.82) is 0 Å². The van der Waals surface area contributed by atoms with Crippen LogP contribution in [0.1, 0.15) is 0 Å². The first-order valence-electron chi connectivity index (χ1n) is 2.12. The van der Waals surface area contributed by atoms with Gasteiger partial charge in [-0.15, -0.1) is 16.4 Å². The molecule has 0 bridgehead atoms. The van der Waals surface area contributed by atoms with Crippen molar-refractivity contribution in [3.8, 4) is 0 Å². The predicted octanol–water partition coefficient (Wildman–Crippen LogP) is 1.75. The third kappa shape index (κ3) is 0.468. The van der Waals surface area contributed by atoms with Gasteiger partial charge in [0.25, 0.3) is 0 Å². The van der Waals surface area contributed by atoms with Gasteiger partial charge in [0.15, 0.2) is 4.83 Å². The summed E-state index contributed by atoms with van der Waals surface area (Å²) in [7, 11) is 0. The van der Waals surface area contributed by atoms with Crippen LogP contribution in [0.3, 0.4) is 0 Å². The van der Waals surface area contributed by atoms with E-state index in [9.17, 15) is 0 Å².